The first-order valence-corrected chi connectivity index (χ1v) is 7.49. The Morgan fingerprint density at radius 1 is 0.786 bits per heavy atom. The molecule has 0 amide bonds. The third-order valence-electron chi connectivity index (χ3n) is 3.66. The fraction of sp³-hybridized carbons (Fsp3) is 0.667. The van der Waals surface area contributed by atoms with Crippen LogP contribution in [-0.4, -0.2) is 21.0 Å². The highest BCUT2D eigenvalue weighted by molar-refractivity contribution is 8.05. The van der Waals surface area contributed by atoms with Gasteiger partial charge in [0.05, 0.1) is 9.49 Å². The predicted octanol–water partition coefficient (Wildman–Crippen LogP) is 3.64. The predicted molar refractivity (Wildman–Crippen MR) is 67.1 cm³/mol. The van der Waals surface area contributed by atoms with Crippen molar-refractivity contribution in [2.24, 2.45) is 0 Å². The summed E-state index contributed by atoms with van der Waals surface area (Å²) in [6.45, 7) is 0. The lowest BCUT2D eigenvalue weighted by molar-refractivity contribution is 0.521. The summed E-state index contributed by atoms with van der Waals surface area (Å²) in [6, 6.07) is 0. The van der Waals surface area contributed by atoms with Crippen molar-refractivity contribution in [1.29, 1.82) is 0 Å². The molecule has 2 aliphatic heterocycles. The molecule has 2 saturated heterocycles. The standard InChI is InChI=1S/C12H16S2/c1-2-6-12(8-4-10-14-12)11(5-1)7-3-9-13-11/h1-2,5-6H,3-4,7-10H2/t11-,12-/m1/s1. The maximum Gasteiger partial charge on any atom is 0.0524 e. The van der Waals surface area contributed by atoms with Crippen molar-refractivity contribution in [3.8, 4) is 0 Å². The maximum atomic E-state index is 2.49. The fourth-order valence-electron chi connectivity index (χ4n) is 2.96. The first kappa shape index (κ1) is 9.41. The monoisotopic (exact) mass is 224 g/mol. The topological polar surface area (TPSA) is 0 Å². The van der Waals surface area contributed by atoms with E-state index in [1.54, 1.807) is 0 Å². The lowest BCUT2D eigenvalue weighted by atomic mass is 9.81. The average Bonchev–Trinajstić information content (AvgIpc) is 2.81. The van der Waals surface area contributed by atoms with Gasteiger partial charge in [0.2, 0.25) is 0 Å². The van der Waals surface area contributed by atoms with Crippen LogP contribution in [0.1, 0.15) is 25.7 Å². The molecule has 3 rings (SSSR count). The molecule has 3 aliphatic rings. The molecule has 0 radical (unpaired) electrons. The van der Waals surface area contributed by atoms with Crippen LogP contribution in [0.3, 0.4) is 0 Å². The molecule has 0 bridgehead atoms. The summed E-state index contributed by atoms with van der Waals surface area (Å²) in [4.78, 5) is 0. The second kappa shape index (κ2) is 3.34. The van der Waals surface area contributed by atoms with Crippen molar-refractivity contribution < 1.29 is 0 Å². The minimum Gasteiger partial charge on any atom is -0.149 e. The van der Waals surface area contributed by atoms with Crippen LogP contribution in [-0.2, 0) is 0 Å². The van der Waals surface area contributed by atoms with Gasteiger partial charge >= 0.3 is 0 Å². The molecule has 0 nitrogen and oxygen atoms in total. The Hall–Kier alpha value is 0.180. The van der Waals surface area contributed by atoms with Crippen LogP contribution in [0, 0.1) is 0 Å². The van der Waals surface area contributed by atoms with E-state index in [1.165, 1.54) is 37.2 Å². The molecule has 2 fully saturated rings. The molecular weight excluding hydrogens is 208 g/mol. The minimum atomic E-state index is 0.461. The summed E-state index contributed by atoms with van der Waals surface area (Å²) in [5.41, 5.74) is 0. The van der Waals surface area contributed by atoms with Crippen LogP contribution < -0.4 is 0 Å². The van der Waals surface area contributed by atoms with Gasteiger partial charge in [-0.15, -0.1) is 23.5 Å². The van der Waals surface area contributed by atoms with Gasteiger partial charge in [-0.2, -0.15) is 0 Å². The first-order chi connectivity index (χ1) is 6.87. The van der Waals surface area contributed by atoms with Crippen LogP contribution in [0.2, 0.25) is 0 Å². The van der Waals surface area contributed by atoms with E-state index in [4.69, 9.17) is 0 Å². The van der Waals surface area contributed by atoms with E-state index >= 15 is 0 Å². The molecule has 0 N–H and O–H groups in total. The van der Waals surface area contributed by atoms with Crippen molar-refractivity contribution in [2.45, 2.75) is 35.2 Å². The number of thioether (sulfide) groups is 2. The van der Waals surface area contributed by atoms with Crippen molar-refractivity contribution in [2.75, 3.05) is 11.5 Å². The molecule has 1 aliphatic carbocycles. The zero-order valence-electron chi connectivity index (χ0n) is 8.37. The molecule has 76 valence electrons. The lowest BCUT2D eigenvalue weighted by Crippen LogP contribution is -2.44. The molecule has 2 heterocycles. The Morgan fingerprint density at radius 3 is 1.64 bits per heavy atom. The third-order valence-corrected chi connectivity index (χ3v) is 7.22. The van der Waals surface area contributed by atoms with E-state index in [9.17, 15) is 0 Å². The normalized spacial score (nSPS) is 45.7. The quantitative estimate of drug-likeness (QED) is 0.616. The smallest absolute Gasteiger partial charge is 0.0524 e. The maximum absolute atomic E-state index is 2.49. The lowest BCUT2D eigenvalue weighted by Gasteiger charge is -2.43. The summed E-state index contributed by atoms with van der Waals surface area (Å²) < 4.78 is 0.922. The van der Waals surface area contributed by atoms with Gasteiger partial charge < -0.3 is 0 Å². The van der Waals surface area contributed by atoms with Gasteiger partial charge in [0.1, 0.15) is 0 Å². The molecule has 0 aromatic heterocycles. The van der Waals surface area contributed by atoms with Crippen LogP contribution >= 0.6 is 23.5 Å². The van der Waals surface area contributed by atoms with Gasteiger partial charge in [0, 0.05) is 0 Å². The summed E-state index contributed by atoms with van der Waals surface area (Å²) >= 11 is 4.41. The van der Waals surface area contributed by atoms with Crippen molar-refractivity contribution in [3.05, 3.63) is 24.3 Å². The Balaban J connectivity index is 2.01. The summed E-state index contributed by atoms with van der Waals surface area (Å²) in [5, 5.41) is 0. The fourth-order valence-corrected chi connectivity index (χ4v) is 6.37. The summed E-state index contributed by atoms with van der Waals surface area (Å²) in [7, 11) is 0. The highest BCUT2D eigenvalue weighted by Crippen LogP contribution is 2.59. The van der Waals surface area contributed by atoms with E-state index in [2.05, 4.69) is 47.8 Å². The van der Waals surface area contributed by atoms with Gasteiger partial charge in [-0.25, -0.2) is 0 Å². The Labute approximate surface area is 94.6 Å². The average molecular weight is 224 g/mol. The number of rotatable bonds is 0. The van der Waals surface area contributed by atoms with E-state index in [1.807, 2.05) is 0 Å². The largest absolute Gasteiger partial charge is 0.149 e. The minimum absolute atomic E-state index is 0.461. The van der Waals surface area contributed by atoms with E-state index in [0.29, 0.717) is 9.49 Å². The number of hydrogen-bond donors (Lipinski definition) is 0. The second-order valence-corrected chi connectivity index (χ2v) is 7.25. The van der Waals surface area contributed by atoms with Crippen LogP contribution in [0.4, 0.5) is 0 Å². The molecule has 2 heteroatoms. The molecular formula is C12H16S2. The number of fused-ring (bicyclic) bond motifs is 1. The number of hydrogen-bond acceptors (Lipinski definition) is 2. The van der Waals surface area contributed by atoms with E-state index in [-0.39, 0.29) is 0 Å². The van der Waals surface area contributed by atoms with Crippen LogP contribution in [0.15, 0.2) is 24.3 Å². The molecule has 0 saturated carbocycles. The highest BCUT2D eigenvalue weighted by Gasteiger charge is 2.52. The molecule has 14 heavy (non-hydrogen) atoms. The molecule has 0 aromatic carbocycles. The Kier molecular flexibility index (Phi) is 2.25. The van der Waals surface area contributed by atoms with Gasteiger partial charge in [-0.3, -0.25) is 0 Å². The molecule has 2 atom stereocenters. The molecule has 0 aromatic rings. The van der Waals surface area contributed by atoms with Crippen molar-refractivity contribution in [1.82, 2.24) is 0 Å². The van der Waals surface area contributed by atoms with E-state index in [0.717, 1.165) is 0 Å². The zero-order valence-corrected chi connectivity index (χ0v) is 10.0. The van der Waals surface area contributed by atoms with Crippen molar-refractivity contribution >= 4 is 23.5 Å². The molecule has 2 spiro atoms. The second-order valence-electron chi connectivity index (χ2n) is 4.40. The molecule has 0 unspecified atom stereocenters. The first-order valence-electron chi connectivity index (χ1n) is 5.52. The Bertz CT molecular complexity index is 249. The Morgan fingerprint density at radius 2 is 1.29 bits per heavy atom. The summed E-state index contributed by atoms with van der Waals surface area (Å²) in [5.74, 6) is 2.72. The van der Waals surface area contributed by atoms with Crippen molar-refractivity contribution in [3.63, 3.8) is 0 Å². The van der Waals surface area contributed by atoms with Gasteiger partial charge in [-0.05, 0) is 37.2 Å². The SMILES string of the molecule is C1=C[C@@]2(CCCS2)[C@@]2(C=C1)CCCS2. The van der Waals surface area contributed by atoms with Gasteiger partial charge in [0.15, 0.2) is 0 Å². The highest BCUT2D eigenvalue weighted by atomic mass is 32.2. The van der Waals surface area contributed by atoms with Gasteiger partial charge in [0.25, 0.3) is 0 Å². The number of allylic oxidation sites excluding steroid dienone is 2. The third kappa shape index (κ3) is 1.16. The van der Waals surface area contributed by atoms with Gasteiger partial charge in [-0.1, -0.05) is 24.3 Å². The zero-order chi connectivity index (χ0) is 9.49. The van der Waals surface area contributed by atoms with Crippen LogP contribution in [0.5, 0.6) is 0 Å². The van der Waals surface area contributed by atoms with Crippen LogP contribution in [0.25, 0.3) is 0 Å². The summed E-state index contributed by atoms with van der Waals surface area (Å²) in [6.07, 6.45) is 15.1. The van der Waals surface area contributed by atoms with E-state index < -0.39 is 0 Å².